The molecular weight excluding hydrogens is 379 g/mol. The summed E-state index contributed by atoms with van der Waals surface area (Å²) < 4.78 is 13.1. The first kappa shape index (κ1) is 18.8. The number of halogens is 1. The van der Waals surface area contributed by atoms with Crippen LogP contribution in [0, 0.1) is 29.5 Å². The maximum Gasteiger partial charge on any atom is 0.307 e. The van der Waals surface area contributed by atoms with Gasteiger partial charge >= 0.3 is 5.97 Å². The molecule has 2 saturated carbocycles. The van der Waals surface area contributed by atoms with Crippen molar-refractivity contribution in [1.29, 1.82) is 0 Å². The predicted molar refractivity (Wildman–Crippen MR) is 105 cm³/mol. The molecule has 0 aliphatic heterocycles. The van der Waals surface area contributed by atoms with Crippen LogP contribution in [0.2, 0.25) is 0 Å². The average molecular weight is 400 g/mol. The van der Waals surface area contributed by atoms with Gasteiger partial charge in [0.15, 0.2) is 5.13 Å². The number of hydrogen-bond donors (Lipinski definition) is 2. The maximum atomic E-state index is 13.1. The van der Waals surface area contributed by atoms with Crippen molar-refractivity contribution < 1.29 is 19.1 Å². The SMILES string of the molecule is CC(C)=C1C2CCC1C(C(=O)Nc1nc(-c3ccc(F)cc3)cs1)C2C(=O)O. The fraction of sp³-hybridized carbons (Fsp3) is 0.381. The number of nitrogens with one attached hydrogen (secondary N) is 1. The lowest BCUT2D eigenvalue weighted by Gasteiger charge is -2.25. The number of aromatic nitrogens is 1. The standard InChI is InChI=1S/C21H21FN2O3S/c1-10(2)16-13-7-8-14(16)18(20(26)27)17(13)19(25)24-21-23-15(9-28-21)11-3-5-12(22)6-4-11/h3-6,9,13-14,17-18H,7-8H2,1-2H3,(H,26,27)(H,23,24,25). The third kappa shape index (κ3) is 3.13. The second-order valence-corrected chi connectivity index (χ2v) is 8.53. The smallest absolute Gasteiger partial charge is 0.307 e. The fourth-order valence-electron chi connectivity index (χ4n) is 4.88. The van der Waals surface area contributed by atoms with E-state index in [-0.39, 0.29) is 23.6 Å². The second kappa shape index (κ2) is 7.13. The minimum absolute atomic E-state index is 0.00682. The number of rotatable bonds is 4. The first-order valence-electron chi connectivity index (χ1n) is 9.29. The lowest BCUT2D eigenvalue weighted by atomic mass is 9.79. The molecular formula is C21H21FN2O3S. The van der Waals surface area contributed by atoms with Gasteiger partial charge in [0.1, 0.15) is 5.82 Å². The van der Waals surface area contributed by atoms with Gasteiger partial charge in [-0.1, -0.05) is 11.1 Å². The highest BCUT2D eigenvalue weighted by molar-refractivity contribution is 7.14. The summed E-state index contributed by atoms with van der Waals surface area (Å²) in [5.41, 5.74) is 3.68. The number of fused-ring (bicyclic) bond motifs is 2. The molecule has 1 amide bonds. The van der Waals surface area contributed by atoms with Crippen LogP contribution in [0.5, 0.6) is 0 Å². The Bertz CT molecular complexity index is 962. The van der Waals surface area contributed by atoms with E-state index in [0.717, 1.165) is 29.6 Å². The fourth-order valence-corrected chi connectivity index (χ4v) is 5.60. The lowest BCUT2D eigenvalue weighted by molar-refractivity contribution is -0.148. The molecule has 4 unspecified atom stereocenters. The van der Waals surface area contributed by atoms with Gasteiger partial charge in [-0.2, -0.15) is 0 Å². The summed E-state index contributed by atoms with van der Waals surface area (Å²) in [4.78, 5) is 29.3. The molecule has 0 spiro atoms. The minimum Gasteiger partial charge on any atom is -0.481 e. The summed E-state index contributed by atoms with van der Waals surface area (Å²) in [7, 11) is 0. The molecule has 146 valence electrons. The van der Waals surface area contributed by atoms with Gasteiger partial charge in [0, 0.05) is 10.9 Å². The van der Waals surface area contributed by atoms with E-state index < -0.39 is 17.8 Å². The van der Waals surface area contributed by atoms with Crippen LogP contribution < -0.4 is 5.32 Å². The molecule has 2 aliphatic carbocycles. The van der Waals surface area contributed by atoms with Crippen molar-refractivity contribution in [3.8, 4) is 11.3 Å². The number of carbonyl (C=O) groups is 2. The number of benzene rings is 1. The molecule has 0 radical (unpaired) electrons. The topological polar surface area (TPSA) is 79.3 Å². The summed E-state index contributed by atoms with van der Waals surface area (Å²) in [5.74, 6) is -2.81. The van der Waals surface area contributed by atoms with E-state index in [2.05, 4.69) is 10.3 Å². The summed E-state index contributed by atoms with van der Waals surface area (Å²) >= 11 is 1.28. The van der Waals surface area contributed by atoms with Crippen LogP contribution in [0.4, 0.5) is 9.52 Å². The van der Waals surface area contributed by atoms with Gasteiger partial charge in [0.2, 0.25) is 5.91 Å². The Labute approximate surface area is 166 Å². The van der Waals surface area contributed by atoms with E-state index in [4.69, 9.17) is 0 Å². The summed E-state index contributed by atoms with van der Waals surface area (Å²) in [6, 6.07) is 5.99. The Hall–Kier alpha value is -2.54. The first-order valence-corrected chi connectivity index (χ1v) is 10.2. The molecule has 4 rings (SSSR count). The molecule has 2 N–H and O–H groups in total. The van der Waals surface area contributed by atoms with Crippen LogP contribution >= 0.6 is 11.3 Å². The summed E-state index contributed by atoms with van der Waals surface area (Å²) in [6.45, 7) is 3.99. The number of carboxylic acids is 1. The molecule has 2 aromatic rings. The van der Waals surface area contributed by atoms with Crippen molar-refractivity contribution in [2.24, 2.45) is 23.7 Å². The number of carboxylic acid groups (broad SMARTS) is 1. The van der Waals surface area contributed by atoms with Crippen LogP contribution in [0.1, 0.15) is 26.7 Å². The van der Waals surface area contributed by atoms with Crippen LogP contribution in [0.25, 0.3) is 11.3 Å². The number of allylic oxidation sites excluding steroid dienone is 2. The van der Waals surface area contributed by atoms with Crippen molar-refractivity contribution in [2.45, 2.75) is 26.7 Å². The van der Waals surface area contributed by atoms with Crippen LogP contribution in [-0.4, -0.2) is 22.0 Å². The molecule has 2 fully saturated rings. The van der Waals surface area contributed by atoms with Crippen molar-refractivity contribution in [1.82, 2.24) is 4.98 Å². The Morgan fingerprint density at radius 3 is 2.39 bits per heavy atom. The quantitative estimate of drug-likeness (QED) is 0.736. The zero-order valence-electron chi connectivity index (χ0n) is 15.6. The zero-order chi connectivity index (χ0) is 20.0. The number of amides is 1. The van der Waals surface area contributed by atoms with Crippen molar-refractivity contribution in [3.05, 3.63) is 46.6 Å². The lowest BCUT2D eigenvalue weighted by Crippen LogP contribution is -2.37. The molecule has 1 heterocycles. The Balaban J connectivity index is 1.56. The van der Waals surface area contributed by atoms with Crippen LogP contribution in [0.15, 0.2) is 40.8 Å². The number of carbonyl (C=O) groups excluding carboxylic acids is 1. The van der Waals surface area contributed by atoms with Gasteiger partial charge in [0.25, 0.3) is 0 Å². The molecule has 0 saturated heterocycles. The Morgan fingerprint density at radius 2 is 1.79 bits per heavy atom. The van der Waals surface area contributed by atoms with Crippen molar-refractivity contribution in [3.63, 3.8) is 0 Å². The molecule has 5 nitrogen and oxygen atoms in total. The van der Waals surface area contributed by atoms with E-state index in [1.54, 1.807) is 17.5 Å². The normalized spacial score (nSPS) is 25.8. The summed E-state index contributed by atoms with van der Waals surface area (Å²) in [5, 5.41) is 14.8. The largest absolute Gasteiger partial charge is 0.481 e. The summed E-state index contributed by atoms with van der Waals surface area (Å²) in [6.07, 6.45) is 1.68. The third-order valence-electron chi connectivity index (χ3n) is 5.88. The highest BCUT2D eigenvalue weighted by Gasteiger charge is 2.57. The molecule has 28 heavy (non-hydrogen) atoms. The Kier molecular flexibility index (Phi) is 4.79. The number of nitrogens with zero attached hydrogens (tertiary/aromatic N) is 1. The first-order chi connectivity index (χ1) is 13.4. The van der Waals surface area contributed by atoms with Crippen LogP contribution in [0.3, 0.4) is 0 Å². The van der Waals surface area contributed by atoms with E-state index in [9.17, 15) is 19.1 Å². The predicted octanol–water partition coefficient (Wildman–Crippen LogP) is 4.58. The molecule has 2 bridgehead atoms. The second-order valence-electron chi connectivity index (χ2n) is 7.67. The minimum atomic E-state index is -0.905. The van der Waals surface area contributed by atoms with E-state index >= 15 is 0 Å². The number of thiazole rings is 1. The highest BCUT2D eigenvalue weighted by Crippen LogP contribution is 2.57. The van der Waals surface area contributed by atoms with Crippen molar-refractivity contribution in [2.75, 3.05) is 5.32 Å². The van der Waals surface area contributed by atoms with Crippen molar-refractivity contribution >= 4 is 28.3 Å². The van der Waals surface area contributed by atoms with Gasteiger partial charge in [-0.25, -0.2) is 9.37 Å². The molecule has 2 aliphatic rings. The number of hydrogen-bond acceptors (Lipinski definition) is 4. The number of anilines is 1. The van der Waals surface area contributed by atoms with Gasteiger partial charge < -0.3 is 10.4 Å². The van der Waals surface area contributed by atoms with Gasteiger partial charge in [-0.05, 0) is 62.8 Å². The van der Waals surface area contributed by atoms with E-state index in [1.165, 1.54) is 23.5 Å². The van der Waals surface area contributed by atoms with E-state index in [0.29, 0.717) is 10.8 Å². The highest BCUT2D eigenvalue weighted by atomic mass is 32.1. The molecule has 4 atom stereocenters. The third-order valence-corrected chi connectivity index (χ3v) is 6.64. The maximum absolute atomic E-state index is 13.1. The molecule has 1 aromatic heterocycles. The zero-order valence-corrected chi connectivity index (χ0v) is 16.4. The van der Waals surface area contributed by atoms with Gasteiger partial charge in [0.05, 0.1) is 17.5 Å². The Morgan fingerprint density at radius 1 is 1.14 bits per heavy atom. The monoisotopic (exact) mass is 400 g/mol. The molecule has 7 heteroatoms. The average Bonchev–Trinajstić information content (AvgIpc) is 3.35. The van der Waals surface area contributed by atoms with Crippen LogP contribution in [-0.2, 0) is 9.59 Å². The van der Waals surface area contributed by atoms with E-state index in [1.807, 2.05) is 13.8 Å². The number of aliphatic carboxylic acids is 1. The van der Waals surface area contributed by atoms with Gasteiger partial charge in [-0.15, -0.1) is 11.3 Å². The van der Waals surface area contributed by atoms with Gasteiger partial charge in [-0.3, -0.25) is 9.59 Å². The molecule has 1 aromatic carbocycles.